The van der Waals surface area contributed by atoms with Gasteiger partial charge in [0.15, 0.2) is 11.6 Å². The molecule has 1 aromatic rings. The molecule has 1 unspecified atom stereocenters. The zero-order chi connectivity index (χ0) is 27.8. The average molecular weight is 532 g/mol. The topological polar surface area (TPSA) is 122 Å². The number of amides is 2. The minimum absolute atomic E-state index is 0.00515. The van der Waals surface area contributed by atoms with Crippen molar-refractivity contribution in [2.24, 2.45) is 11.8 Å². The number of nitrogens with one attached hydrogen (secondary N) is 1. The highest BCUT2D eigenvalue weighted by Crippen LogP contribution is 2.25. The van der Waals surface area contributed by atoms with Crippen LogP contribution in [0.25, 0.3) is 0 Å². The molecule has 2 amide bonds. The van der Waals surface area contributed by atoms with Gasteiger partial charge in [-0.3, -0.25) is 9.59 Å². The molecule has 5 atom stereocenters. The second-order valence-electron chi connectivity index (χ2n) is 10.3. The summed E-state index contributed by atoms with van der Waals surface area (Å²) < 4.78 is 25.8. The summed E-state index contributed by atoms with van der Waals surface area (Å²) >= 11 is 0. The zero-order valence-corrected chi connectivity index (χ0v) is 22.4. The van der Waals surface area contributed by atoms with Gasteiger partial charge in [-0.25, -0.2) is 14.2 Å². The Morgan fingerprint density at radius 1 is 1.24 bits per heavy atom. The van der Waals surface area contributed by atoms with Crippen molar-refractivity contribution < 1.29 is 33.0 Å². The summed E-state index contributed by atoms with van der Waals surface area (Å²) in [6.07, 6.45) is 7.01. The van der Waals surface area contributed by atoms with Crippen molar-refractivity contribution in [3.63, 3.8) is 0 Å². The predicted octanol–water partition coefficient (Wildman–Crippen LogP) is 3.30. The number of ether oxygens (including phenoxy) is 1. The fourth-order valence-electron chi connectivity index (χ4n) is 4.74. The van der Waals surface area contributed by atoms with Crippen molar-refractivity contribution >= 4 is 17.8 Å². The Kier molecular flexibility index (Phi) is 10.4. The van der Waals surface area contributed by atoms with E-state index in [0.29, 0.717) is 25.0 Å². The maximum atomic E-state index is 14.6. The number of cyclic esters (lactones) is 1. The van der Waals surface area contributed by atoms with Crippen molar-refractivity contribution in [2.45, 2.75) is 77.8 Å². The molecular formula is C28H38FN3O6. The number of allylic oxidation sites excluding steroid dienone is 2. The van der Waals surface area contributed by atoms with E-state index in [-0.39, 0.29) is 48.7 Å². The number of halogens is 1. The van der Waals surface area contributed by atoms with Gasteiger partial charge in [0.2, 0.25) is 5.91 Å². The number of nitrogens with zero attached hydrogens (tertiary/aromatic N) is 2. The quantitative estimate of drug-likeness (QED) is 0.533. The van der Waals surface area contributed by atoms with Crippen molar-refractivity contribution in [2.75, 3.05) is 13.1 Å². The number of carbonyl (C=O) groups is 3. The average Bonchev–Trinajstić information content (AvgIpc) is 3.52. The number of hydrogen-bond acceptors (Lipinski definition) is 7. The summed E-state index contributed by atoms with van der Waals surface area (Å²) in [4.78, 5) is 44.1. The molecule has 2 aliphatic heterocycles. The number of esters is 1. The maximum absolute atomic E-state index is 14.6. The van der Waals surface area contributed by atoms with Crippen LogP contribution in [0.5, 0.6) is 0 Å². The van der Waals surface area contributed by atoms with Crippen molar-refractivity contribution in [3.05, 3.63) is 53.8 Å². The van der Waals surface area contributed by atoms with Gasteiger partial charge in [0.1, 0.15) is 24.6 Å². The monoisotopic (exact) mass is 531 g/mol. The van der Waals surface area contributed by atoms with Crippen LogP contribution in [0.3, 0.4) is 0 Å². The lowest BCUT2D eigenvalue weighted by Gasteiger charge is -2.29. The highest BCUT2D eigenvalue weighted by atomic mass is 19.1. The molecule has 2 N–H and O–H groups in total. The minimum atomic E-state index is -1.45. The smallest absolute Gasteiger partial charge is 0.329 e. The van der Waals surface area contributed by atoms with Crippen LogP contribution in [0, 0.1) is 11.8 Å². The van der Waals surface area contributed by atoms with E-state index in [0.717, 1.165) is 0 Å². The number of aromatic nitrogens is 1. The Labute approximate surface area is 222 Å². The Morgan fingerprint density at radius 2 is 2.00 bits per heavy atom. The van der Waals surface area contributed by atoms with Gasteiger partial charge in [-0.15, -0.1) is 0 Å². The molecule has 0 radical (unpaired) electrons. The number of alkyl halides is 1. The summed E-state index contributed by atoms with van der Waals surface area (Å²) in [5.41, 5.74) is 0.710. The van der Waals surface area contributed by atoms with Crippen LogP contribution >= 0.6 is 0 Å². The van der Waals surface area contributed by atoms with E-state index in [1.807, 2.05) is 20.8 Å². The van der Waals surface area contributed by atoms with Crippen LogP contribution in [0.2, 0.25) is 0 Å². The van der Waals surface area contributed by atoms with E-state index in [4.69, 9.17) is 9.15 Å². The number of carbonyl (C=O) groups excluding carboxylic acids is 3. The summed E-state index contributed by atoms with van der Waals surface area (Å²) in [6.45, 7) is 8.13. The molecule has 1 fully saturated rings. The second-order valence-corrected chi connectivity index (χ2v) is 10.3. The number of fused-ring (bicyclic) bond motifs is 3. The first-order valence-electron chi connectivity index (χ1n) is 13.1. The summed E-state index contributed by atoms with van der Waals surface area (Å²) in [6, 6.07) is -0.768. The van der Waals surface area contributed by atoms with Crippen LogP contribution in [0.4, 0.5) is 4.39 Å². The van der Waals surface area contributed by atoms with Gasteiger partial charge < -0.3 is 24.5 Å². The highest BCUT2D eigenvalue weighted by Gasteiger charge is 2.38. The summed E-state index contributed by atoms with van der Waals surface area (Å²) in [7, 11) is 0. The van der Waals surface area contributed by atoms with E-state index in [1.165, 1.54) is 23.3 Å². The van der Waals surface area contributed by atoms with Gasteiger partial charge in [-0.05, 0) is 31.8 Å². The number of rotatable bonds is 1. The third-order valence-electron chi connectivity index (χ3n) is 6.66. The molecule has 9 nitrogen and oxygen atoms in total. The second kappa shape index (κ2) is 13.5. The molecule has 208 valence electrons. The molecule has 38 heavy (non-hydrogen) atoms. The predicted molar refractivity (Wildman–Crippen MR) is 139 cm³/mol. The lowest BCUT2D eigenvalue weighted by Crippen LogP contribution is -2.44. The first kappa shape index (κ1) is 29.3. The molecule has 2 bridgehead atoms. The standard InChI is InChI=1S/C28H38FN3O6/c1-17(2)26-19(4)9-10-24(34)30-11-5-7-18(3)13-21(33)14-20(29)15-25-31-22(16-37-25)27(35)32-12-6-8-23(32)28(36)38-26/h5,7,9-10,13,16-17,19-21,23,26,33H,6,8,11-12,14-15H2,1-4H3,(H,30,34)/b7-5+,10-9+,18-13+/t19-,20-,21-,23-,26?/m1/s1. The number of oxazole rings is 1. The lowest BCUT2D eigenvalue weighted by atomic mass is 9.94. The van der Waals surface area contributed by atoms with Crippen molar-refractivity contribution in [1.82, 2.24) is 15.2 Å². The molecule has 0 aliphatic carbocycles. The Bertz CT molecular complexity index is 1080. The molecule has 10 heteroatoms. The maximum Gasteiger partial charge on any atom is 0.329 e. The summed E-state index contributed by atoms with van der Waals surface area (Å²) in [5.74, 6) is -1.51. The Morgan fingerprint density at radius 3 is 2.74 bits per heavy atom. The lowest BCUT2D eigenvalue weighted by molar-refractivity contribution is -0.158. The van der Waals surface area contributed by atoms with Crippen LogP contribution in [-0.2, 0) is 20.7 Å². The van der Waals surface area contributed by atoms with E-state index in [9.17, 15) is 23.9 Å². The molecule has 3 rings (SSSR count). The van der Waals surface area contributed by atoms with Gasteiger partial charge in [0, 0.05) is 25.4 Å². The third-order valence-corrected chi connectivity index (χ3v) is 6.66. The van der Waals surface area contributed by atoms with Gasteiger partial charge in [0.25, 0.3) is 5.91 Å². The van der Waals surface area contributed by atoms with Gasteiger partial charge in [-0.2, -0.15) is 0 Å². The molecule has 0 saturated carbocycles. The van der Waals surface area contributed by atoms with E-state index >= 15 is 0 Å². The normalized spacial score (nSPS) is 31.7. The van der Waals surface area contributed by atoms with Gasteiger partial charge >= 0.3 is 5.97 Å². The fourth-order valence-corrected chi connectivity index (χ4v) is 4.74. The molecule has 1 saturated heterocycles. The van der Waals surface area contributed by atoms with Crippen molar-refractivity contribution in [1.29, 1.82) is 0 Å². The van der Waals surface area contributed by atoms with E-state index in [1.54, 1.807) is 25.2 Å². The largest absolute Gasteiger partial charge is 0.460 e. The first-order chi connectivity index (χ1) is 18.0. The SMILES string of the molecule is CC1=C\[C@@H](O)C[C@@H](F)Cc2nc(co2)C(=O)N2CCC[C@@H]2C(=O)OC(C(C)C)[C@H](C)/C=C/C(=O)NC\C=C\1. The van der Waals surface area contributed by atoms with Crippen molar-refractivity contribution in [3.8, 4) is 0 Å². The number of aliphatic hydroxyl groups excluding tert-OH is 1. The van der Waals surface area contributed by atoms with Crippen LogP contribution in [0.15, 0.2) is 46.6 Å². The van der Waals surface area contributed by atoms with Crippen LogP contribution in [0.1, 0.15) is 63.3 Å². The molecule has 1 aromatic heterocycles. The van der Waals surface area contributed by atoms with E-state index < -0.39 is 36.3 Å². The fraction of sp³-hybridized carbons (Fsp3) is 0.571. The molecule has 2 aliphatic rings. The Balaban J connectivity index is 1.85. The van der Waals surface area contributed by atoms with Gasteiger partial charge in [0.05, 0.1) is 12.5 Å². The number of aliphatic hydroxyl groups is 1. The van der Waals surface area contributed by atoms with Gasteiger partial charge in [-0.1, -0.05) is 50.6 Å². The van der Waals surface area contributed by atoms with Crippen LogP contribution < -0.4 is 5.32 Å². The minimum Gasteiger partial charge on any atom is -0.460 e. The van der Waals surface area contributed by atoms with Crippen LogP contribution in [-0.4, -0.2) is 70.3 Å². The Hall–Kier alpha value is -3.27. The number of hydrogen-bond donors (Lipinski definition) is 2. The molecular weight excluding hydrogens is 493 g/mol. The molecule has 0 aromatic carbocycles. The highest BCUT2D eigenvalue weighted by molar-refractivity contribution is 5.95. The zero-order valence-electron chi connectivity index (χ0n) is 22.4. The van der Waals surface area contributed by atoms with E-state index in [2.05, 4.69) is 10.3 Å². The summed E-state index contributed by atoms with van der Waals surface area (Å²) in [5, 5.41) is 13.0. The molecule has 3 heterocycles. The molecule has 0 spiro atoms. The third kappa shape index (κ3) is 8.11. The first-order valence-corrected chi connectivity index (χ1v) is 13.1.